The lowest BCUT2D eigenvalue weighted by atomic mass is 9.82. The molecule has 1 rings (SSSR count). The summed E-state index contributed by atoms with van der Waals surface area (Å²) in [6.07, 6.45) is 20.6. The summed E-state index contributed by atoms with van der Waals surface area (Å²) < 4.78 is 5.41. The van der Waals surface area contributed by atoms with E-state index in [-0.39, 0.29) is 24.0 Å². The van der Waals surface area contributed by atoms with Gasteiger partial charge in [0.25, 0.3) is 0 Å². The molecule has 0 saturated carbocycles. The Morgan fingerprint density at radius 2 is 1.39 bits per heavy atom. The first-order valence-corrected chi connectivity index (χ1v) is 14.0. The van der Waals surface area contributed by atoms with Crippen LogP contribution in [-0.4, -0.2) is 34.4 Å². The van der Waals surface area contributed by atoms with Crippen LogP contribution in [0.5, 0.6) is 0 Å². The number of aromatic amines is 1. The summed E-state index contributed by atoms with van der Waals surface area (Å²) in [5, 5.41) is 0. The van der Waals surface area contributed by atoms with Crippen molar-refractivity contribution in [2.24, 2.45) is 11.1 Å². The molecule has 0 aliphatic carbocycles. The lowest BCUT2D eigenvalue weighted by Crippen LogP contribution is -2.47. The van der Waals surface area contributed by atoms with Gasteiger partial charge >= 0.3 is 11.7 Å². The minimum atomic E-state index is -0.967. The number of ketones is 1. The van der Waals surface area contributed by atoms with Gasteiger partial charge in [-0.3, -0.25) is 14.6 Å². The fraction of sp³-hybridized carbons (Fsp3) is 0.786. The minimum absolute atomic E-state index is 0.0220. The third kappa shape index (κ3) is 13.2. The Balaban J connectivity index is 2.10. The topological polar surface area (TPSA) is 141 Å². The predicted molar refractivity (Wildman–Crippen MR) is 146 cm³/mol. The average molecular weight is 507 g/mol. The number of aromatic nitrogens is 2. The Morgan fingerprint density at radius 3 is 1.86 bits per heavy atom. The van der Waals surface area contributed by atoms with Crippen LogP contribution in [-0.2, 0) is 9.53 Å². The zero-order chi connectivity index (χ0) is 26.8. The number of hydrogen-bond acceptors (Lipinski definition) is 7. The number of Topliss-reactive ketones (excluding diaryl/α,β-unsaturated/α-hetero) is 1. The number of hydrogen-bond donors (Lipinski definition) is 3. The van der Waals surface area contributed by atoms with E-state index in [0.717, 1.165) is 25.5 Å². The van der Waals surface area contributed by atoms with E-state index >= 15 is 0 Å². The summed E-state index contributed by atoms with van der Waals surface area (Å²) in [6, 6.07) is -0.967. The number of nitrogens with two attached hydrogens (primary N) is 2. The van der Waals surface area contributed by atoms with Crippen LogP contribution in [0.1, 0.15) is 134 Å². The van der Waals surface area contributed by atoms with Crippen LogP contribution in [0.15, 0.2) is 11.0 Å². The van der Waals surface area contributed by atoms with Gasteiger partial charge in [0, 0.05) is 18.0 Å². The highest BCUT2D eigenvalue weighted by Crippen LogP contribution is 2.24. The van der Waals surface area contributed by atoms with Crippen molar-refractivity contribution in [3.63, 3.8) is 0 Å². The van der Waals surface area contributed by atoms with Crippen molar-refractivity contribution in [2.45, 2.75) is 130 Å². The first-order chi connectivity index (χ1) is 17.2. The average Bonchev–Trinajstić information content (AvgIpc) is 2.84. The summed E-state index contributed by atoms with van der Waals surface area (Å²) in [7, 11) is 0. The van der Waals surface area contributed by atoms with Gasteiger partial charge in [0.05, 0.1) is 18.2 Å². The molecule has 0 radical (unpaired) electrons. The lowest BCUT2D eigenvalue weighted by molar-refractivity contribution is -0.147. The molecule has 1 heterocycles. The van der Waals surface area contributed by atoms with Crippen molar-refractivity contribution in [3.8, 4) is 0 Å². The molecule has 0 aromatic carbocycles. The van der Waals surface area contributed by atoms with Gasteiger partial charge in [-0.1, -0.05) is 111 Å². The molecule has 0 bridgehead atoms. The smallest absolute Gasteiger partial charge is 0.346 e. The maximum Gasteiger partial charge on any atom is 0.346 e. The number of nitrogens with zero attached hydrogens (tertiary/aromatic N) is 1. The van der Waals surface area contributed by atoms with Gasteiger partial charge in [0.15, 0.2) is 5.78 Å². The van der Waals surface area contributed by atoms with Crippen LogP contribution in [0, 0.1) is 5.41 Å². The first-order valence-electron chi connectivity index (χ1n) is 14.0. The summed E-state index contributed by atoms with van der Waals surface area (Å²) in [5.74, 6) is -0.807. The van der Waals surface area contributed by atoms with Crippen molar-refractivity contribution in [3.05, 3.63) is 22.2 Å². The molecule has 8 nitrogen and oxygen atoms in total. The van der Waals surface area contributed by atoms with E-state index < -0.39 is 22.9 Å². The largest absolute Gasteiger partial charge is 0.465 e. The second kappa shape index (κ2) is 18.1. The number of carbonyl (C=O) groups is 2. The van der Waals surface area contributed by atoms with E-state index in [0.29, 0.717) is 6.42 Å². The highest BCUT2D eigenvalue weighted by molar-refractivity contribution is 6.03. The second-order valence-corrected chi connectivity index (χ2v) is 10.7. The normalized spacial score (nSPS) is 12.4. The number of carbonyl (C=O) groups excluding carboxylic acids is 2. The van der Waals surface area contributed by atoms with Crippen LogP contribution in [0.2, 0.25) is 0 Å². The van der Waals surface area contributed by atoms with Gasteiger partial charge in [-0.05, 0) is 6.42 Å². The molecule has 1 atom stereocenters. The number of nitrogens with one attached hydrogen (secondary N) is 1. The highest BCUT2D eigenvalue weighted by Gasteiger charge is 2.35. The quantitative estimate of drug-likeness (QED) is 0.110. The molecule has 0 amide bonds. The van der Waals surface area contributed by atoms with Crippen LogP contribution >= 0.6 is 0 Å². The van der Waals surface area contributed by atoms with Crippen molar-refractivity contribution in [2.75, 3.05) is 12.3 Å². The number of nitrogen functional groups attached to an aromatic ring is 1. The predicted octanol–water partition coefficient (Wildman–Crippen LogP) is 5.69. The summed E-state index contributed by atoms with van der Waals surface area (Å²) in [5.41, 5.74) is 10.5. The van der Waals surface area contributed by atoms with Crippen LogP contribution < -0.4 is 17.2 Å². The molecular weight excluding hydrogens is 456 g/mol. The van der Waals surface area contributed by atoms with Crippen molar-refractivity contribution < 1.29 is 14.3 Å². The molecule has 0 aliphatic heterocycles. The van der Waals surface area contributed by atoms with Gasteiger partial charge in [0.2, 0.25) is 0 Å². The number of rotatable bonds is 21. The molecule has 5 N–H and O–H groups in total. The minimum Gasteiger partial charge on any atom is -0.465 e. The zero-order valence-electron chi connectivity index (χ0n) is 22.9. The molecule has 0 saturated heterocycles. The molecule has 1 aromatic rings. The Bertz CT molecular complexity index is 822. The van der Waals surface area contributed by atoms with E-state index in [1.807, 2.05) is 0 Å². The fourth-order valence-electron chi connectivity index (χ4n) is 4.20. The first kappa shape index (κ1) is 31.8. The highest BCUT2D eigenvalue weighted by atomic mass is 16.5. The SMILES string of the molecule is CCCCCCCCCCCCCCCCCC(=O)OCC(C)(C)[C@H](N)C(=O)c1cnc(=O)[nH]c1N. The summed E-state index contributed by atoms with van der Waals surface area (Å²) >= 11 is 0. The Morgan fingerprint density at radius 1 is 0.917 bits per heavy atom. The summed E-state index contributed by atoms with van der Waals surface area (Å²) in [4.78, 5) is 41.9. The Kier molecular flexibility index (Phi) is 16.0. The van der Waals surface area contributed by atoms with Gasteiger partial charge in [-0.25, -0.2) is 9.78 Å². The van der Waals surface area contributed by atoms with Crippen LogP contribution in [0.3, 0.4) is 0 Å². The van der Waals surface area contributed by atoms with Crippen molar-refractivity contribution >= 4 is 17.6 Å². The Labute approximate surface area is 217 Å². The lowest BCUT2D eigenvalue weighted by Gasteiger charge is -2.30. The van der Waals surface area contributed by atoms with Crippen LogP contribution in [0.25, 0.3) is 0 Å². The molecule has 0 aliphatic rings. The van der Waals surface area contributed by atoms with E-state index in [1.165, 1.54) is 77.0 Å². The standard InChI is InChI=1S/C28H50N4O4/c1-4-5-6-7-8-9-10-11-12-13-14-15-16-17-18-19-23(33)36-21-28(2,3)25(29)24(34)22-20-31-27(35)32-26(22)30/h20,25H,4-19,21,29H2,1-3H3,(H3,30,31,32,35)/t25-/m1/s1. The van der Waals surface area contributed by atoms with Gasteiger partial charge in [0.1, 0.15) is 5.82 Å². The second-order valence-electron chi connectivity index (χ2n) is 10.7. The zero-order valence-corrected chi connectivity index (χ0v) is 22.9. The molecule has 0 fully saturated rings. The van der Waals surface area contributed by atoms with E-state index in [4.69, 9.17) is 16.2 Å². The molecule has 0 unspecified atom stereocenters. The third-order valence-corrected chi connectivity index (χ3v) is 6.82. The molecule has 1 aromatic heterocycles. The molecule has 8 heteroatoms. The van der Waals surface area contributed by atoms with Crippen molar-refractivity contribution in [1.29, 1.82) is 0 Å². The number of anilines is 1. The third-order valence-electron chi connectivity index (χ3n) is 6.82. The molecular formula is C28H50N4O4. The number of ether oxygens (including phenoxy) is 1. The summed E-state index contributed by atoms with van der Waals surface area (Å²) in [6.45, 7) is 5.79. The number of H-pyrrole nitrogens is 1. The molecule has 206 valence electrons. The monoisotopic (exact) mass is 506 g/mol. The van der Waals surface area contributed by atoms with Crippen molar-refractivity contribution in [1.82, 2.24) is 9.97 Å². The molecule has 36 heavy (non-hydrogen) atoms. The maximum atomic E-state index is 12.7. The fourth-order valence-corrected chi connectivity index (χ4v) is 4.20. The number of unbranched alkanes of at least 4 members (excludes halogenated alkanes) is 14. The Hall–Kier alpha value is -2.22. The van der Waals surface area contributed by atoms with Crippen LogP contribution in [0.4, 0.5) is 5.82 Å². The number of esters is 1. The van der Waals surface area contributed by atoms with E-state index in [2.05, 4.69) is 16.9 Å². The van der Waals surface area contributed by atoms with Gasteiger partial charge in [-0.2, -0.15) is 0 Å². The van der Waals surface area contributed by atoms with E-state index in [9.17, 15) is 14.4 Å². The van der Waals surface area contributed by atoms with Gasteiger partial charge in [-0.15, -0.1) is 0 Å². The maximum absolute atomic E-state index is 12.7. The van der Waals surface area contributed by atoms with Gasteiger partial charge < -0.3 is 16.2 Å². The van der Waals surface area contributed by atoms with E-state index in [1.54, 1.807) is 13.8 Å². The molecule has 0 spiro atoms.